The van der Waals surface area contributed by atoms with E-state index in [-0.39, 0.29) is 30.8 Å². The quantitative estimate of drug-likeness (QED) is 0.792. The number of carbonyl (C=O) groups excluding carboxylic acids is 1. The molecule has 2 amide bonds. The van der Waals surface area contributed by atoms with E-state index in [9.17, 15) is 9.90 Å². The molecule has 2 unspecified atom stereocenters. The van der Waals surface area contributed by atoms with Crippen LogP contribution >= 0.6 is 0 Å². The summed E-state index contributed by atoms with van der Waals surface area (Å²) in [5, 5.41) is 12.5. The van der Waals surface area contributed by atoms with Crippen molar-refractivity contribution in [3.05, 3.63) is 0 Å². The molecular formula is C17H32N2O3. The lowest BCUT2D eigenvalue weighted by atomic mass is 9.92. The number of likely N-dealkylation sites (tertiary alicyclic amines) is 1. The molecule has 3 atom stereocenters. The van der Waals surface area contributed by atoms with Gasteiger partial charge in [0.2, 0.25) is 0 Å². The highest BCUT2D eigenvalue weighted by Crippen LogP contribution is 2.23. The first kappa shape index (κ1) is 17.5. The Bertz CT molecular complexity index is 349. The molecule has 1 aliphatic heterocycles. The van der Waals surface area contributed by atoms with Gasteiger partial charge < -0.3 is 20.1 Å². The van der Waals surface area contributed by atoms with Gasteiger partial charge in [-0.1, -0.05) is 26.7 Å². The van der Waals surface area contributed by atoms with Crippen LogP contribution < -0.4 is 5.32 Å². The van der Waals surface area contributed by atoms with E-state index in [1.165, 1.54) is 6.42 Å². The normalized spacial score (nSPS) is 29.1. The maximum atomic E-state index is 12.5. The third-order valence-corrected chi connectivity index (χ3v) is 4.89. The molecule has 22 heavy (non-hydrogen) atoms. The number of urea groups is 1. The third kappa shape index (κ3) is 4.85. The van der Waals surface area contributed by atoms with Crippen molar-refractivity contribution >= 4 is 6.03 Å². The first-order valence-corrected chi connectivity index (χ1v) is 8.91. The van der Waals surface area contributed by atoms with E-state index in [1.54, 1.807) is 4.90 Å². The van der Waals surface area contributed by atoms with Crippen LogP contribution in [0.25, 0.3) is 0 Å². The summed E-state index contributed by atoms with van der Waals surface area (Å²) in [7, 11) is 0. The predicted octanol–water partition coefficient (Wildman–Crippen LogP) is 2.53. The van der Waals surface area contributed by atoms with Gasteiger partial charge in [0, 0.05) is 13.2 Å². The van der Waals surface area contributed by atoms with Gasteiger partial charge in [0.25, 0.3) is 0 Å². The van der Waals surface area contributed by atoms with E-state index in [4.69, 9.17) is 4.74 Å². The molecule has 2 fully saturated rings. The van der Waals surface area contributed by atoms with Crippen molar-refractivity contribution in [1.82, 2.24) is 10.2 Å². The molecule has 128 valence electrons. The third-order valence-electron chi connectivity index (χ3n) is 4.89. The number of aliphatic hydroxyl groups is 1. The molecule has 0 aromatic heterocycles. The molecule has 1 saturated heterocycles. The molecule has 5 heteroatoms. The van der Waals surface area contributed by atoms with Crippen molar-refractivity contribution < 1.29 is 14.6 Å². The first-order chi connectivity index (χ1) is 10.6. The molecule has 0 aromatic rings. The van der Waals surface area contributed by atoms with Crippen molar-refractivity contribution in [1.29, 1.82) is 0 Å². The zero-order valence-corrected chi connectivity index (χ0v) is 14.1. The summed E-state index contributed by atoms with van der Waals surface area (Å²) >= 11 is 0. The van der Waals surface area contributed by atoms with Gasteiger partial charge in [-0.15, -0.1) is 0 Å². The summed E-state index contributed by atoms with van der Waals surface area (Å²) < 4.78 is 6.04. The monoisotopic (exact) mass is 312 g/mol. The Morgan fingerprint density at radius 3 is 2.77 bits per heavy atom. The molecule has 2 rings (SSSR count). The summed E-state index contributed by atoms with van der Waals surface area (Å²) in [4.78, 5) is 14.3. The Kier molecular flexibility index (Phi) is 6.96. The highest BCUT2D eigenvalue weighted by atomic mass is 16.5. The van der Waals surface area contributed by atoms with Crippen LogP contribution in [-0.4, -0.2) is 54.0 Å². The number of carbonyl (C=O) groups is 1. The fourth-order valence-corrected chi connectivity index (χ4v) is 3.45. The number of nitrogens with one attached hydrogen (secondary N) is 1. The summed E-state index contributed by atoms with van der Waals surface area (Å²) in [5.41, 5.74) is 0. The minimum absolute atomic E-state index is 0.0103. The molecule has 2 aliphatic rings. The van der Waals surface area contributed by atoms with Crippen molar-refractivity contribution in [3.63, 3.8) is 0 Å². The second kappa shape index (κ2) is 8.73. The second-order valence-electron chi connectivity index (χ2n) is 7.10. The highest BCUT2D eigenvalue weighted by Gasteiger charge is 2.32. The van der Waals surface area contributed by atoms with E-state index in [2.05, 4.69) is 19.2 Å². The summed E-state index contributed by atoms with van der Waals surface area (Å²) in [6.45, 7) is 5.99. The Morgan fingerprint density at radius 1 is 1.27 bits per heavy atom. The van der Waals surface area contributed by atoms with Gasteiger partial charge in [0.1, 0.15) is 0 Å². The van der Waals surface area contributed by atoms with Gasteiger partial charge in [-0.25, -0.2) is 4.79 Å². The van der Waals surface area contributed by atoms with Crippen LogP contribution in [0.4, 0.5) is 4.79 Å². The van der Waals surface area contributed by atoms with Gasteiger partial charge in [-0.05, 0) is 38.0 Å². The van der Waals surface area contributed by atoms with Crippen molar-refractivity contribution in [2.75, 3.05) is 19.8 Å². The van der Waals surface area contributed by atoms with Gasteiger partial charge in [0.05, 0.1) is 24.8 Å². The van der Waals surface area contributed by atoms with E-state index < -0.39 is 0 Å². The number of amides is 2. The number of nitrogens with zero attached hydrogens (tertiary/aromatic N) is 1. The summed E-state index contributed by atoms with van der Waals surface area (Å²) in [5.74, 6) is 0.645. The Morgan fingerprint density at radius 2 is 2.05 bits per heavy atom. The van der Waals surface area contributed by atoms with Crippen LogP contribution in [-0.2, 0) is 4.74 Å². The zero-order valence-electron chi connectivity index (χ0n) is 14.1. The Hall–Kier alpha value is -0.810. The van der Waals surface area contributed by atoms with Crippen LogP contribution in [0.1, 0.15) is 58.8 Å². The Labute approximate surface area is 134 Å². The molecule has 5 nitrogen and oxygen atoms in total. The first-order valence-electron chi connectivity index (χ1n) is 8.91. The number of rotatable bonds is 6. The van der Waals surface area contributed by atoms with E-state index in [1.807, 2.05) is 0 Å². The topological polar surface area (TPSA) is 61.8 Å². The number of ether oxygens (including phenoxy) is 1. The smallest absolute Gasteiger partial charge is 0.318 e. The van der Waals surface area contributed by atoms with Crippen LogP contribution in [0, 0.1) is 5.92 Å². The summed E-state index contributed by atoms with van der Waals surface area (Å²) in [6, 6.07) is 0.0816. The minimum atomic E-state index is -0.0269. The maximum Gasteiger partial charge on any atom is 0.318 e. The average molecular weight is 312 g/mol. The number of hydrogen-bond acceptors (Lipinski definition) is 3. The average Bonchev–Trinajstić information content (AvgIpc) is 2.97. The second-order valence-corrected chi connectivity index (χ2v) is 7.10. The standard InChI is InChI=1S/C17H32N2O3/c1-13(2)9-11-22-16-8-4-3-7-15(16)18-17(21)19-10-5-6-14(19)12-20/h13-16,20H,3-12H2,1-2H3,(H,18,21)/t14-,15?,16?/m1/s1. The van der Waals surface area contributed by atoms with Crippen molar-refractivity contribution in [3.8, 4) is 0 Å². The fourth-order valence-electron chi connectivity index (χ4n) is 3.45. The van der Waals surface area contributed by atoms with Gasteiger partial charge in [0.15, 0.2) is 0 Å². The molecule has 0 aromatic carbocycles. The zero-order chi connectivity index (χ0) is 15.9. The van der Waals surface area contributed by atoms with Gasteiger partial charge in [-0.3, -0.25) is 0 Å². The molecule has 0 radical (unpaired) electrons. The van der Waals surface area contributed by atoms with E-state index in [0.29, 0.717) is 5.92 Å². The van der Waals surface area contributed by atoms with Crippen LogP contribution in [0.3, 0.4) is 0 Å². The molecule has 0 bridgehead atoms. The molecular weight excluding hydrogens is 280 g/mol. The van der Waals surface area contributed by atoms with Crippen molar-refractivity contribution in [2.24, 2.45) is 5.92 Å². The minimum Gasteiger partial charge on any atom is -0.394 e. The molecule has 1 heterocycles. The maximum absolute atomic E-state index is 12.5. The SMILES string of the molecule is CC(C)CCOC1CCCCC1NC(=O)N1CCC[C@@H]1CO. The van der Waals surface area contributed by atoms with Crippen molar-refractivity contribution in [2.45, 2.75) is 77.0 Å². The predicted molar refractivity (Wildman–Crippen MR) is 86.8 cm³/mol. The van der Waals surface area contributed by atoms with Crippen LogP contribution in [0.2, 0.25) is 0 Å². The molecule has 0 spiro atoms. The van der Waals surface area contributed by atoms with Crippen LogP contribution in [0.15, 0.2) is 0 Å². The molecule has 1 aliphatic carbocycles. The van der Waals surface area contributed by atoms with E-state index >= 15 is 0 Å². The number of hydrogen-bond donors (Lipinski definition) is 2. The van der Waals surface area contributed by atoms with Gasteiger partial charge >= 0.3 is 6.03 Å². The van der Waals surface area contributed by atoms with Crippen LogP contribution in [0.5, 0.6) is 0 Å². The van der Waals surface area contributed by atoms with E-state index in [0.717, 1.165) is 51.7 Å². The summed E-state index contributed by atoms with van der Waals surface area (Å²) in [6.07, 6.45) is 7.46. The van der Waals surface area contributed by atoms with Gasteiger partial charge in [-0.2, -0.15) is 0 Å². The number of aliphatic hydroxyl groups excluding tert-OH is 1. The molecule has 2 N–H and O–H groups in total. The Balaban J connectivity index is 1.83. The fraction of sp³-hybridized carbons (Fsp3) is 0.941. The lowest BCUT2D eigenvalue weighted by Gasteiger charge is -2.34. The molecule has 1 saturated carbocycles. The highest BCUT2D eigenvalue weighted by molar-refractivity contribution is 5.75. The lowest BCUT2D eigenvalue weighted by Crippen LogP contribution is -2.52. The lowest BCUT2D eigenvalue weighted by molar-refractivity contribution is 0.00185. The largest absolute Gasteiger partial charge is 0.394 e.